The third-order valence-electron chi connectivity index (χ3n) is 5.59. The second kappa shape index (κ2) is 11.5. The van der Waals surface area contributed by atoms with Crippen molar-refractivity contribution >= 4 is 27.7 Å². The fourth-order valence-electron chi connectivity index (χ4n) is 3.35. The van der Waals surface area contributed by atoms with Gasteiger partial charge in [0.2, 0.25) is 0 Å². The van der Waals surface area contributed by atoms with Crippen molar-refractivity contribution in [1.29, 1.82) is 0 Å². The molecule has 188 valence electrons. The van der Waals surface area contributed by atoms with Crippen LogP contribution in [0.2, 0.25) is 39.3 Å². The Labute approximate surface area is 229 Å². The van der Waals surface area contributed by atoms with Crippen LogP contribution in [0.15, 0.2) is 70.8 Å². The van der Waals surface area contributed by atoms with Crippen molar-refractivity contribution in [2.45, 2.75) is 53.1 Å². The number of carbonyl (C=O) groups excluding carboxylic acids is 2. The van der Waals surface area contributed by atoms with E-state index in [1.807, 2.05) is 48.5 Å². The minimum atomic E-state index is -1.58. The van der Waals surface area contributed by atoms with E-state index in [4.69, 9.17) is 0 Å². The summed E-state index contributed by atoms with van der Waals surface area (Å²) >= 11 is 0. The van der Waals surface area contributed by atoms with Gasteiger partial charge in [0, 0.05) is 33.4 Å². The molecule has 0 fully saturated rings. The molecule has 2 nitrogen and oxygen atoms in total. The fraction of sp³-hybridized carbons (Fsp3) is 0.235. The molecule has 0 spiro atoms. The van der Waals surface area contributed by atoms with Gasteiger partial charge in [-0.2, -0.15) is 0 Å². The summed E-state index contributed by atoms with van der Waals surface area (Å²) in [6.07, 6.45) is 0. The van der Waals surface area contributed by atoms with Gasteiger partial charge in [-0.3, -0.25) is 9.59 Å². The fourth-order valence-corrected chi connectivity index (χ4v) is 4.37. The molecule has 0 aliphatic heterocycles. The summed E-state index contributed by atoms with van der Waals surface area (Å²) in [7, 11) is -3.16. The molecule has 2 aromatic rings. The number of ketones is 2. The van der Waals surface area contributed by atoms with Crippen molar-refractivity contribution in [2.75, 3.05) is 0 Å². The van der Waals surface area contributed by atoms with Gasteiger partial charge in [0.25, 0.3) is 0 Å². The van der Waals surface area contributed by atoms with Crippen molar-refractivity contribution in [1.82, 2.24) is 0 Å². The number of rotatable bonds is 0. The maximum Gasteiger partial charge on any atom is 0.198 e. The Morgan fingerprint density at radius 3 is 1.05 bits per heavy atom. The summed E-state index contributed by atoms with van der Waals surface area (Å²) in [6, 6.07) is 15.2. The molecule has 0 amide bonds. The van der Waals surface area contributed by atoms with Crippen molar-refractivity contribution < 1.29 is 9.59 Å². The summed E-state index contributed by atoms with van der Waals surface area (Å²) in [5, 5.41) is 0. The highest BCUT2D eigenvalue weighted by Crippen LogP contribution is 2.24. The first-order chi connectivity index (χ1) is 17.8. The Balaban J connectivity index is 2.16. The van der Waals surface area contributed by atoms with Gasteiger partial charge >= 0.3 is 0 Å². The number of benzene rings is 2. The second-order valence-electron chi connectivity index (χ2n) is 11.2. The van der Waals surface area contributed by atoms with Gasteiger partial charge in [-0.1, -0.05) is 99.1 Å². The first-order valence-corrected chi connectivity index (χ1v) is 19.6. The van der Waals surface area contributed by atoms with Crippen LogP contribution in [0.4, 0.5) is 0 Å². The average Bonchev–Trinajstić information content (AvgIpc) is 2.85. The standard InChI is InChI=1S/C34H32O2Si2/c1-25-26(2)34(36)32(20-18-28-14-10-12-16-30(28)22-24-38(6,7)8)31(33(25)35)19-17-27-13-9-11-15-29(27)21-23-37(3,4)5/h9-16H,1-8H3. The van der Waals surface area contributed by atoms with Gasteiger partial charge in [-0.25, -0.2) is 0 Å². The highest BCUT2D eigenvalue weighted by molar-refractivity contribution is 6.84. The Bertz CT molecular complexity index is 1520. The van der Waals surface area contributed by atoms with Crippen molar-refractivity contribution in [2.24, 2.45) is 0 Å². The van der Waals surface area contributed by atoms with Crippen LogP contribution in [0.25, 0.3) is 0 Å². The van der Waals surface area contributed by atoms with E-state index >= 15 is 0 Å². The Morgan fingerprint density at radius 1 is 0.474 bits per heavy atom. The molecular formula is C34H32O2Si2. The van der Waals surface area contributed by atoms with E-state index in [2.05, 4.69) is 85.9 Å². The van der Waals surface area contributed by atoms with Crippen LogP contribution in [0.5, 0.6) is 0 Å². The number of allylic oxidation sites excluding steroid dienone is 4. The molecule has 0 heterocycles. The van der Waals surface area contributed by atoms with Crippen LogP contribution in [-0.2, 0) is 9.59 Å². The van der Waals surface area contributed by atoms with Crippen molar-refractivity contribution in [3.8, 4) is 46.6 Å². The normalized spacial score (nSPS) is 13.4. The highest BCUT2D eigenvalue weighted by atomic mass is 28.3. The zero-order valence-corrected chi connectivity index (χ0v) is 25.4. The first kappa shape index (κ1) is 28.5. The van der Waals surface area contributed by atoms with E-state index in [0.717, 1.165) is 11.1 Å². The molecule has 0 aromatic heterocycles. The van der Waals surface area contributed by atoms with Gasteiger partial charge in [-0.05, 0) is 38.1 Å². The summed E-state index contributed by atoms with van der Waals surface area (Å²) in [6.45, 7) is 16.4. The lowest BCUT2D eigenvalue weighted by Crippen LogP contribution is -2.20. The van der Waals surface area contributed by atoms with Gasteiger partial charge < -0.3 is 0 Å². The van der Waals surface area contributed by atoms with Gasteiger partial charge in [-0.15, -0.1) is 11.1 Å². The maximum atomic E-state index is 13.3. The second-order valence-corrected chi connectivity index (χ2v) is 20.7. The van der Waals surface area contributed by atoms with Crippen LogP contribution in [-0.4, -0.2) is 27.7 Å². The molecule has 4 heteroatoms. The number of Topliss-reactive ketones (excluding diaryl/α,β-unsaturated/α-hetero) is 2. The third-order valence-corrected chi connectivity index (χ3v) is 7.34. The predicted molar refractivity (Wildman–Crippen MR) is 163 cm³/mol. The van der Waals surface area contributed by atoms with Gasteiger partial charge in [0.05, 0.1) is 11.1 Å². The summed E-state index contributed by atoms with van der Waals surface area (Å²) in [4.78, 5) is 26.5. The molecule has 0 unspecified atom stereocenters. The van der Waals surface area contributed by atoms with E-state index in [-0.39, 0.29) is 22.7 Å². The zero-order valence-electron chi connectivity index (χ0n) is 23.4. The van der Waals surface area contributed by atoms with E-state index in [9.17, 15) is 9.59 Å². The van der Waals surface area contributed by atoms with E-state index < -0.39 is 16.1 Å². The summed E-state index contributed by atoms with van der Waals surface area (Å²) < 4.78 is 0. The van der Waals surface area contributed by atoms with E-state index in [1.54, 1.807) is 13.8 Å². The Hall–Kier alpha value is -4.07. The molecule has 0 atom stereocenters. The quantitative estimate of drug-likeness (QED) is 0.227. The van der Waals surface area contributed by atoms with Crippen molar-refractivity contribution in [3.63, 3.8) is 0 Å². The molecule has 1 aliphatic carbocycles. The van der Waals surface area contributed by atoms with Crippen LogP contribution >= 0.6 is 0 Å². The topological polar surface area (TPSA) is 34.1 Å². The van der Waals surface area contributed by atoms with Crippen LogP contribution in [0.3, 0.4) is 0 Å². The molecule has 2 aromatic carbocycles. The average molecular weight is 529 g/mol. The molecule has 0 radical (unpaired) electrons. The summed E-state index contributed by atoms with van der Waals surface area (Å²) in [5.41, 5.74) is 10.8. The first-order valence-electron chi connectivity index (χ1n) is 12.6. The van der Waals surface area contributed by atoms with E-state index in [0.29, 0.717) is 22.3 Å². The monoisotopic (exact) mass is 528 g/mol. The number of hydrogen-bond donors (Lipinski definition) is 0. The zero-order chi connectivity index (χ0) is 28.1. The molecule has 38 heavy (non-hydrogen) atoms. The van der Waals surface area contributed by atoms with Gasteiger partial charge in [0.1, 0.15) is 16.1 Å². The maximum absolute atomic E-state index is 13.3. The number of carbonyl (C=O) groups is 2. The largest absolute Gasteiger partial charge is 0.288 e. The van der Waals surface area contributed by atoms with Crippen LogP contribution < -0.4 is 0 Å². The lowest BCUT2D eigenvalue weighted by molar-refractivity contribution is -0.116. The Kier molecular flexibility index (Phi) is 8.66. The smallest absolute Gasteiger partial charge is 0.198 e. The van der Waals surface area contributed by atoms with Crippen LogP contribution in [0.1, 0.15) is 36.1 Å². The molecule has 0 N–H and O–H groups in total. The summed E-state index contributed by atoms with van der Waals surface area (Å²) in [5.74, 6) is 18.2. The highest BCUT2D eigenvalue weighted by Gasteiger charge is 2.28. The SMILES string of the molecule is CC1=C(C)C(=O)C(C#Cc2ccccc2C#C[Si](C)(C)C)=C(C#Cc2ccccc2C#C[Si](C)(C)C)C1=O. The molecule has 0 saturated carbocycles. The van der Waals surface area contributed by atoms with Crippen LogP contribution in [0, 0.1) is 46.6 Å². The minimum absolute atomic E-state index is 0.129. The van der Waals surface area contributed by atoms with Crippen molar-refractivity contribution in [3.05, 3.63) is 93.1 Å². The van der Waals surface area contributed by atoms with Gasteiger partial charge in [0.15, 0.2) is 11.6 Å². The number of hydrogen-bond acceptors (Lipinski definition) is 2. The Morgan fingerprint density at radius 2 is 0.763 bits per heavy atom. The molecule has 0 bridgehead atoms. The predicted octanol–water partition coefficient (Wildman–Crippen LogP) is 6.33. The lowest BCUT2D eigenvalue weighted by Gasteiger charge is -2.14. The molecule has 1 aliphatic rings. The lowest BCUT2D eigenvalue weighted by atomic mass is 9.85. The minimum Gasteiger partial charge on any atom is -0.288 e. The third kappa shape index (κ3) is 7.48. The molecule has 0 saturated heterocycles. The molecular weight excluding hydrogens is 497 g/mol. The molecule has 3 rings (SSSR count). The van der Waals surface area contributed by atoms with E-state index in [1.165, 1.54) is 0 Å².